The molecule has 0 amide bonds. The van der Waals surface area contributed by atoms with Gasteiger partial charge in [0.2, 0.25) is 5.82 Å². The van der Waals surface area contributed by atoms with E-state index < -0.39 is 0 Å². The molecule has 0 saturated carbocycles. The quantitative estimate of drug-likeness (QED) is 0.332. The molecule has 8 heteroatoms. The van der Waals surface area contributed by atoms with Gasteiger partial charge in [-0.1, -0.05) is 59.2 Å². The van der Waals surface area contributed by atoms with Crippen molar-refractivity contribution in [1.29, 1.82) is 0 Å². The zero-order valence-electron chi connectivity index (χ0n) is 18.5. The SMILES string of the molecule is COc1ccc(N2C(=S)NC(c3ccc(Cl)cc3)C(c3nc(-c4ccccc4)no3)=C2C)cc1. The molecule has 1 aromatic heterocycles. The second kappa shape index (κ2) is 9.29. The Hall–Kier alpha value is -3.68. The summed E-state index contributed by atoms with van der Waals surface area (Å²) >= 11 is 11.9. The van der Waals surface area contributed by atoms with Crippen molar-refractivity contribution < 1.29 is 9.26 Å². The number of hydrogen-bond acceptors (Lipinski definition) is 5. The van der Waals surface area contributed by atoms with Crippen LogP contribution in [0.1, 0.15) is 24.4 Å². The van der Waals surface area contributed by atoms with Crippen LogP contribution in [0.15, 0.2) is 89.1 Å². The van der Waals surface area contributed by atoms with Gasteiger partial charge in [0, 0.05) is 22.0 Å². The highest BCUT2D eigenvalue weighted by Gasteiger charge is 2.34. The highest BCUT2D eigenvalue weighted by Crippen LogP contribution is 2.39. The van der Waals surface area contributed by atoms with E-state index in [2.05, 4.69) is 10.5 Å². The molecule has 1 atom stereocenters. The Morgan fingerprint density at radius 2 is 1.71 bits per heavy atom. The van der Waals surface area contributed by atoms with Crippen LogP contribution in [0.5, 0.6) is 5.75 Å². The normalized spacial score (nSPS) is 15.9. The summed E-state index contributed by atoms with van der Waals surface area (Å²) in [4.78, 5) is 6.70. The molecule has 3 aromatic carbocycles. The minimum absolute atomic E-state index is 0.289. The number of nitrogens with zero attached hydrogens (tertiary/aromatic N) is 3. The number of thiocarbonyl (C=S) groups is 1. The van der Waals surface area contributed by atoms with Gasteiger partial charge in [0.15, 0.2) is 5.11 Å². The lowest BCUT2D eigenvalue weighted by Crippen LogP contribution is -2.46. The van der Waals surface area contributed by atoms with E-state index in [0.29, 0.717) is 21.9 Å². The second-order valence-corrected chi connectivity index (χ2v) is 8.58. The van der Waals surface area contributed by atoms with Crippen LogP contribution in [-0.2, 0) is 0 Å². The van der Waals surface area contributed by atoms with Crippen molar-refractivity contribution in [2.45, 2.75) is 13.0 Å². The number of aromatic nitrogens is 2. The summed E-state index contributed by atoms with van der Waals surface area (Å²) in [6, 6.07) is 24.8. The topological polar surface area (TPSA) is 63.4 Å². The van der Waals surface area contributed by atoms with Gasteiger partial charge in [-0.05, 0) is 61.1 Å². The average Bonchev–Trinajstić information content (AvgIpc) is 3.35. The monoisotopic (exact) mass is 488 g/mol. The van der Waals surface area contributed by atoms with E-state index in [1.807, 2.05) is 90.7 Å². The number of rotatable bonds is 5. The summed E-state index contributed by atoms with van der Waals surface area (Å²) in [7, 11) is 1.64. The largest absolute Gasteiger partial charge is 0.497 e. The number of halogens is 1. The molecule has 1 unspecified atom stereocenters. The molecule has 1 N–H and O–H groups in total. The number of ether oxygens (including phenoxy) is 1. The van der Waals surface area contributed by atoms with Gasteiger partial charge in [-0.3, -0.25) is 4.90 Å². The lowest BCUT2D eigenvalue weighted by atomic mass is 9.94. The lowest BCUT2D eigenvalue weighted by Gasteiger charge is -2.37. The Kier molecular flexibility index (Phi) is 6.04. The molecule has 0 bridgehead atoms. The first-order valence-corrected chi connectivity index (χ1v) is 11.4. The molecule has 1 aliphatic heterocycles. The third-order valence-electron chi connectivity index (χ3n) is 5.71. The van der Waals surface area contributed by atoms with Crippen molar-refractivity contribution in [2.75, 3.05) is 12.0 Å². The van der Waals surface area contributed by atoms with Crippen molar-refractivity contribution in [1.82, 2.24) is 15.5 Å². The molecule has 170 valence electrons. The molecule has 2 heterocycles. The standard InChI is InChI=1S/C26H21ClN4O2S/c1-16-22(25-29-24(30-33-25)18-6-4-3-5-7-18)23(17-8-10-19(27)11-9-17)28-26(34)31(16)20-12-14-21(32-2)15-13-20/h3-15,23H,1-2H3,(H,28,34). The van der Waals surface area contributed by atoms with E-state index in [1.165, 1.54) is 0 Å². The van der Waals surface area contributed by atoms with Crippen LogP contribution in [-0.4, -0.2) is 22.4 Å². The second-order valence-electron chi connectivity index (χ2n) is 7.76. The molecule has 34 heavy (non-hydrogen) atoms. The van der Waals surface area contributed by atoms with Crippen LogP contribution in [0, 0.1) is 0 Å². The Balaban J connectivity index is 1.64. The molecule has 0 radical (unpaired) electrons. The third-order valence-corrected chi connectivity index (χ3v) is 6.26. The fourth-order valence-corrected chi connectivity index (χ4v) is 4.49. The van der Waals surface area contributed by atoms with Crippen LogP contribution in [0.4, 0.5) is 5.69 Å². The first-order valence-electron chi connectivity index (χ1n) is 10.7. The van der Waals surface area contributed by atoms with Gasteiger partial charge >= 0.3 is 0 Å². The highest BCUT2D eigenvalue weighted by atomic mass is 35.5. The van der Waals surface area contributed by atoms with Crippen molar-refractivity contribution in [3.8, 4) is 17.1 Å². The van der Waals surface area contributed by atoms with Gasteiger partial charge in [-0.2, -0.15) is 4.98 Å². The van der Waals surface area contributed by atoms with E-state index in [4.69, 9.17) is 38.1 Å². The smallest absolute Gasteiger partial charge is 0.258 e. The van der Waals surface area contributed by atoms with Crippen molar-refractivity contribution >= 4 is 40.2 Å². The Bertz CT molecular complexity index is 1350. The number of methoxy groups -OCH3 is 1. The van der Waals surface area contributed by atoms with E-state index in [1.54, 1.807) is 7.11 Å². The average molecular weight is 489 g/mol. The number of hydrogen-bond donors (Lipinski definition) is 1. The third kappa shape index (κ3) is 4.16. The summed E-state index contributed by atoms with van der Waals surface area (Å²) in [6.45, 7) is 2.00. The van der Waals surface area contributed by atoms with Crippen LogP contribution in [0.3, 0.4) is 0 Å². The Morgan fingerprint density at radius 1 is 1.00 bits per heavy atom. The summed E-state index contributed by atoms with van der Waals surface area (Å²) in [6.07, 6.45) is 0. The predicted octanol–water partition coefficient (Wildman–Crippen LogP) is 6.27. The van der Waals surface area contributed by atoms with Crippen LogP contribution in [0.2, 0.25) is 5.02 Å². The van der Waals surface area contributed by atoms with Crippen LogP contribution in [0.25, 0.3) is 17.0 Å². The zero-order valence-corrected chi connectivity index (χ0v) is 20.1. The minimum Gasteiger partial charge on any atom is -0.497 e. The molecule has 6 nitrogen and oxygen atoms in total. The molecule has 5 rings (SSSR count). The highest BCUT2D eigenvalue weighted by molar-refractivity contribution is 7.80. The Morgan fingerprint density at radius 3 is 2.38 bits per heavy atom. The molecule has 4 aromatic rings. The maximum Gasteiger partial charge on any atom is 0.258 e. The minimum atomic E-state index is -0.289. The fraction of sp³-hybridized carbons (Fsp3) is 0.115. The molecule has 0 saturated heterocycles. The van der Waals surface area contributed by atoms with Crippen LogP contribution >= 0.6 is 23.8 Å². The number of allylic oxidation sites excluding steroid dienone is 1. The van der Waals surface area contributed by atoms with E-state index >= 15 is 0 Å². The van der Waals surface area contributed by atoms with Crippen molar-refractivity contribution in [3.63, 3.8) is 0 Å². The maximum absolute atomic E-state index is 6.14. The lowest BCUT2D eigenvalue weighted by molar-refractivity contribution is 0.404. The van der Waals surface area contributed by atoms with Gasteiger partial charge in [0.1, 0.15) is 5.75 Å². The van der Waals surface area contributed by atoms with Gasteiger partial charge in [-0.15, -0.1) is 0 Å². The molecular weight excluding hydrogens is 468 g/mol. The van der Waals surface area contributed by atoms with Crippen molar-refractivity contribution in [2.24, 2.45) is 0 Å². The first-order chi connectivity index (χ1) is 16.5. The number of benzene rings is 3. The van der Waals surface area contributed by atoms with E-state index in [0.717, 1.165) is 33.8 Å². The molecule has 0 aliphatic carbocycles. The summed E-state index contributed by atoms with van der Waals surface area (Å²) < 4.78 is 11.1. The zero-order chi connectivity index (χ0) is 23.7. The van der Waals surface area contributed by atoms with Gasteiger partial charge in [0.05, 0.1) is 18.7 Å². The predicted molar refractivity (Wildman–Crippen MR) is 138 cm³/mol. The fourth-order valence-electron chi connectivity index (χ4n) is 4.00. The molecule has 0 spiro atoms. The van der Waals surface area contributed by atoms with Gasteiger partial charge in [0.25, 0.3) is 5.89 Å². The Labute approximate surface area is 207 Å². The van der Waals surface area contributed by atoms with E-state index in [9.17, 15) is 0 Å². The maximum atomic E-state index is 6.14. The van der Waals surface area contributed by atoms with Gasteiger partial charge < -0.3 is 14.6 Å². The van der Waals surface area contributed by atoms with Crippen molar-refractivity contribution in [3.05, 3.63) is 101 Å². The molecule has 0 fully saturated rings. The summed E-state index contributed by atoms with van der Waals surface area (Å²) in [5, 5.41) is 8.92. The number of nitrogens with one attached hydrogen (secondary N) is 1. The summed E-state index contributed by atoms with van der Waals surface area (Å²) in [5.74, 6) is 1.71. The van der Waals surface area contributed by atoms with E-state index in [-0.39, 0.29) is 6.04 Å². The number of anilines is 1. The van der Waals surface area contributed by atoms with Gasteiger partial charge in [-0.25, -0.2) is 0 Å². The molecular formula is C26H21ClN4O2S. The molecule has 1 aliphatic rings. The first kappa shape index (κ1) is 22.1. The van der Waals surface area contributed by atoms with Crippen LogP contribution < -0.4 is 15.0 Å². The summed E-state index contributed by atoms with van der Waals surface area (Å²) in [5.41, 5.74) is 4.48.